The number of carbonyl (C=O) groups is 1. The van der Waals surface area contributed by atoms with Crippen LogP contribution in [-0.4, -0.2) is 61.5 Å². The van der Waals surface area contributed by atoms with Gasteiger partial charge < -0.3 is 19.9 Å². The predicted octanol–water partition coefficient (Wildman–Crippen LogP) is 5.45. The first-order valence-corrected chi connectivity index (χ1v) is 13.0. The maximum Gasteiger partial charge on any atom is 0.320 e. The summed E-state index contributed by atoms with van der Waals surface area (Å²) in [5.41, 5.74) is 3.73. The van der Waals surface area contributed by atoms with Gasteiger partial charge in [0.15, 0.2) is 5.82 Å². The summed E-state index contributed by atoms with van der Waals surface area (Å²) in [5.74, 6) is 2.39. The maximum absolute atomic E-state index is 13.1. The third-order valence-corrected chi connectivity index (χ3v) is 6.98. The Morgan fingerprint density at radius 2 is 1.85 bits per heavy atom. The molecule has 1 fully saturated rings. The largest absolute Gasteiger partial charge is 0.457 e. The molecule has 0 radical (unpaired) electrons. The summed E-state index contributed by atoms with van der Waals surface area (Å²) in [5, 5.41) is 3.34. The van der Waals surface area contributed by atoms with Crippen molar-refractivity contribution in [3.8, 4) is 11.5 Å². The van der Waals surface area contributed by atoms with E-state index < -0.39 is 6.55 Å². The number of alkyl halides is 2. The predicted molar refractivity (Wildman–Crippen MR) is 152 cm³/mol. The number of rotatable bonds is 7. The number of aryl methyl sites for hydroxylation is 1. The van der Waals surface area contributed by atoms with Gasteiger partial charge >= 0.3 is 6.55 Å². The number of aromatic nitrogens is 5. The smallest absolute Gasteiger partial charge is 0.320 e. The van der Waals surface area contributed by atoms with E-state index in [0.29, 0.717) is 65.6 Å². The van der Waals surface area contributed by atoms with Gasteiger partial charge in [-0.25, -0.2) is 19.9 Å². The van der Waals surface area contributed by atoms with Crippen molar-refractivity contribution >= 4 is 45.3 Å². The summed E-state index contributed by atoms with van der Waals surface area (Å²) < 4.78 is 33.1. The molecule has 0 saturated carbocycles. The number of imidazole rings is 1. The van der Waals surface area contributed by atoms with Gasteiger partial charge in [-0.1, -0.05) is 6.58 Å². The van der Waals surface area contributed by atoms with Crippen molar-refractivity contribution in [1.29, 1.82) is 0 Å². The van der Waals surface area contributed by atoms with E-state index in [2.05, 4.69) is 31.7 Å². The molecule has 0 atom stereocenters. The molecule has 208 valence electrons. The summed E-state index contributed by atoms with van der Waals surface area (Å²) in [4.78, 5) is 33.5. The average Bonchev–Trinajstić information content (AvgIpc) is 3.42. The van der Waals surface area contributed by atoms with Crippen molar-refractivity contribution in [2.45, 2.75) is 13.5 Å². The van der Waals surface area contributed by atoms with Crippen molar-refractivity contribution < 1.29 is 18.3 Å². The van der Waals surface area contributed by atoms with Crippen LogP contribution in [0.2, 0.25) is 0 Å². The van der Waals surface area contributed by atoms with E-state index in [4.69, 9.17) is 9.72 Å². The van der Waals surface area contributed by atoms with Gasteiger partial charge in [-0.3, -0.25) is 9.36 Å². The quantitative estimate of drug-likeness (QED) is 0.264. The molecule has 6 rings (SSSR count). The van der Waals surface area contributed by atoms with Crippen LogP contribution in [0.3, 0.4) is 0 Å². The molecule has 12 heteroatoms. The Bertz CT molecular complexity index is 1770. The lowest BCUT2D eigenvalue weighted by atomic mass is 10.2. The van der Waals surface area contributed by atoms with Crippen LogP contribution >= 0.6 is 0 Å². The van der Waals surface area contributed by atoms with Gasteiger partial charge in [0, 0.05) is 37.9 Å². The number of carbonyl (C=O) groups excluding carboxylic acids is 1. The summed E-state index contributed by atoms with van der Waals surface area (Å²) in [7, 11) is 0. The van der Waals surface area contributed by atoms with E-state index in [1.165, 1.54) is 12.4 Å². The summed E-state index contributed by atoms with van der Waals surface area (Å²) in [6, 6.07) is 14.3. The van der Waals surface area contributed by atoms with Gasteiger partial charge in [-0.05, 0) is 61.0 Å². The number of ether oxygens (including phenoxy) is 1. The van der Waals surface area contributed by atoms with E-state index in [1.807, 2.05) is 37.3 Å². The first-order valence-electron chi connectivity index (χ1n) is 13.0. The first kappa shape index (κ1) is 26.1. The monoisotopic (exact) mass is 556 g/mol. The minimum atomic E-state index is -2.66. The Hall–Kier alpha value is -5.13. The van der Waals surface area contributed by atoms with Gasteiger partial charge in [0.25, 0.3) is 0 Å². The molecule has 1 aliphatic rings. The number of nitrogens with zero attached hydrogens (tertiary/aromatic N) is 7. The van der Waals surface area contributed by atoms with Crippen molar-refractivity contribution in [3.63, 3.8) is 0 Å². The van der Waals surface area contributed by atoms with Crippen LogP contribution in [0.5, 0.6) is 11.5 Å². The highest BCUT2D eigenvalue weighted by Crippen LogP contribution is 2.32. The minimum absolute atomic E-state index is 0.0645. The third kappa shape index (κ3) is 5.23. The molecule has 1 N–H and O–H groups in total. The summed E-state index contributed by atoms with van der Waals surface area (Å²) in [6.07, 6.45) is 3.94. The molecule has 3 aromatic heterocycles. The first-order chi connectivity index (χ1) is 19.9. The van der Waals surface area contributed by atoms with E-state index in [-0.39, 0.29) is 5.91 Å². The van der Waals surface area contributed by atoms with Crippen LogP contribution in [0.4, 0.5) is 26.1 Å². The molecule has 10 nitrogen and oxygen atoms in total. The molecule has 1 saturated heterocycles. The van der Waals surface area contributed by atoms with Gasteiger partial charge in [-0.15, -0.1) is 0 Å². The zero-order chi connectivity index (χ0) is 28.5. The van der Waals surface area contributed by atoms with Crippen LogP contribution in [-0.2, 0) is 4.79 Å². The highest BCUT2D eigenvalue weighted by atomic mass is 19.3. The van der Waals surface area contributed by atoms with Gasteiger partial charge in [-0.2, -0.15) is 8.78 Å². The molecule has 2 aromatic carbocycles. The van der Waals surface area contributed by atoms with Crippen LogP contribution in [0.1, 0.15) is 12.1 Å². The number of nitrogens with one attached hydrogen (secondary N) is 1. The molecule has 0 aliphatic carbocycles. The van der Waals surface area contributed by atoms with Crippen LogP contribution in [0.15, 0.2) is 73.8 Å². The molecular formula is C29H26F2N8O2. The molecule has 4 heterocycles. The molecule has 1 amide bonds. The highest BCUT2D eigenvalue weighted by Gasteiger charge is 2.21. The summed E-state index contributed by atoms with van der Waals surface area (Å²) >= 11 is 0. The molecule has 0 spiro atoms. The number of halogens is 2. The Kier molecular flexibility index (Phi) is 6.88. The zero-order valence-electron chi connectivity index (χ0n) is 22.2. The van der Waals surface area contributed by atoms with E-state index in [9.17, 15) is 13.6 Å². The molecule has 0 unspecified atom stereocenters. The molecule has 1 aliphatic heterocycles. The maximum atomic E-state index is 13.1. The average molecular weight is 557 g/mol. The Morgan fingerprint density at radius 1 is 1.02 bits per heavy atom. The molecule has 0 bridgehead atoms. The fraction of sp³-hybridized carbons (Fsp3) is 0.207. The van der Waals surface area contributed by atoms with Crippen LogP contribution in [0.25, 0.3) is 22.1 Å². The lowest BCUT2D eigenvalue weighted by Crippen LogP contribution is -2.48. The summed E-state index contributed by atoms with van der Waals surface area (Å²) in [6.45, 7) is 5.34. The standard InChI is InChI=1S/C29H26F2N8O2/c1-3-26(40)38-12-10-37(11-13-38)25-9-6-21-27(36-25)28(33-16-32-21)35-19-4-8-24(18(2)14-19)41-20-5-7-23-22(15-20)34-17-39(23)29(30)31/h3-9,14-17,29H,1,10-13H2,2H3,(H,32,33,35). The second-order valence-electron chi connectivity index (χ2n) is 9.56. The highest BCUT2D eigenvalue weighted by molar-refractivity contribution is 5.89. The van der Waals surface area contributed by atoms with E-state index in [1.54, 1.807) is 23.1 Å². The number of fused-ring (bicyclic) bond motifs is 2. The van der Waals surface area contributed by atoms with Crippen LogP contribution < -0.4 is 15.0 Å². The number of hydrogen-bond donors (Lipinski definition) is 1. The van der Waals surface area contributed by atoms with Crippen molar-refractivity contribution in [2.24, 2.45) is 0 Å². The lowest BCUT2D eigenvalue weighted by Gasteiger charge is -2.35. The Morgan fingerprint density at radius 3 is 2.61 bits per heavy atom. The van der Waals surface area contributed by atoms with E-state index in [0.717, 1.165) is 28.0 Å². The Labute approximate surface area is 233 Å². The number of hydrogen-bond acceptors (Lipinski definition) is 8. The van der Waals surface area contributed by atoms with E-state index >= 15 is 0 Å². The second kappa shape index (κ2) is 10.8. The SMILES string of the molecule is C=CC(=O)N1CCN(c2ccc3ncnc(Nc4ccc(Oc5ccc6c(c5)ncn6C(F)F)c(C)c4)c3n2)CC1. The van der Waals surface area contributed by atoms with Gasteiger partial charge in [0.2, 0.25) is 5.91 Å². The molecular weight excluding hydrogens is 530 g/mol. The number of pyridine rings is 1. The molecule has 5 aromatic rings. The van der Waals surface area contributed by atoms with Gasteiger partial charge in [0.1, 0.15) is 35.5 Å². The fourth-order valence-electron chi connectivity index (χ4n) is 4.82. The second-order valence-corrected chi connectivity index (χ2v) is 9.56. The topological polar surface area (TPSA) is 101 Å². The molecule has 41 heavy (non-hydrogen) atoms. The fourth-order valence-corrected chi connectivity index (χ4v) is 4.82. The number of amides is 1. The zero-order valence-corrected chi connectivity index (χ0v) is 22.2. The lowest BCUT2D eigenvalue weighted by molar-refractivity contribution is -0.126. The van der Waals surface area contributed by atoms with Crippen molar-refractivity contribution in [2.75, 3.05) is 36.4 Å². The Balaban J connectivity index is 1.19. The van der Waals surface area contributed by atoms with Crippen LogP contribution in [0, 0.1) is 6.92 Å². The van der Waals surface area contributed by atoms with Crippen molar-refractivity contribution in [3.05, 3.63) is 79.4 Å². The third-order valence-electron chi connectivity index (χ3n) is 6.98. The van der Waals surface area contributed by atoms with Crippen molar-refractivity contribution in [1.82, 2.24) is 29.4 Å². The normalized spacial score (nSPS) is 13.7. The minimum Gasteiger partial charge on any atom is -0.457 e. The van der Waals surface area contributed by atoms with Gasteiger partial charge in [0.05, 0.1) is 16.6 Å². The number of anilines is 3. The number of piperazine rings is 1. The number of benzene rings is 2.